The second-order valence-electron chi connectivity index (χ2n) is 3.78. The number of hydrogen-bond acceptors (Lipinski definition) is 3. The van der Waals surface area contributed by atoms with E-state index in [0.29, 0.717) is 11.6 Å². The maximum Gasteiger partial charge on any atom is 0.128 e. The zero-order chi connectivity index (χ0) is 13.3. The Hall–Kier alpha value is -1.04. The van der Waals surface area contributed by atoms with Crippen LogP contribution in [0.5, 0.6) is 5.75 Å². The van der Waals surface area contributed by atoms with Gasteiger partial charge < -0.3 is 15.0 Å². The Morgan fingerprint density at radius 2 is 2.22 bits per heavy atom. The second-order valence-corrected chi connectivity index (χ2v) is 4.96. The first-order valence-electron chi connectivity index (χ1n) is 5.33. The Morgan fingerprint density at radius 1 is 1.50 bits per heavy atom. The minimum absolute atomic E-state index is 0.373. The van der Waals surface area contributed by atoms with Gasteiger partial charge in [-0.25, -0.2) is 4.98 Å². The monoisotopic (exact) mass is 329 g/mol. The standard InChI is InChI=1S/C12H13BrClN3O/c1-17-10(6-15)16-11(12(17)13)8-5-7(14)3-4-9(8)18-2/h3-5H,6,15H2,1-2H3. The van der Waals surface area contributed by atoms with Crippen molar-refractivity contribution in [2.45, 2.75) is 6.54 Å². The lowest BCUT2D eigenvalue weighted by Crippen LogP contribution is -2.04. The molecule has 1 heterocycles. The van der Waals surface area contributed by atoms with Gasteiger partial charge >= 0.3 is 0 Å². The minimum atomic E-state index is 0.373. The molecule has 0 aliphatic carbocycles. The SMILES string of the molecule is COc1ccc(Cl)cc1-c1nc(CN)n(C)c1Br. The van der Waals surface area contributed by atoms with E-state index in [-0.39, 0.29) is 0 Å². The van der Waals surface area contributed by atoms with Crippen molar-refractivity contribution < 1.29 is 4.74 Å². The summed E-state index contributed by atoms with van der Waals surface area (Å²) in [4.78, 5) is 4.50. The number of rotatable bonds is 3. The van der Waals surface area contributed by atoms with Gasteiger partial charge in [0.15, 0.2) is 0 Å². The van der Waals surface area contributed by atoms with Crippen LogP contribution in [0, 0.1) is 0 Å². The van der Waals surface area contributed by atoms with Gasteiger partial charge in [0.05, 0.1) is 13.7 Å². The molecule has 0 saturated heterocycles. The molecule has 0 fully saturated rings. The van der Waals surface area contributed by atoms with Gasteiger partial charge in [0.25, 0.3) is 0 Å². The van der Waals surface area contributed by atoms with Gasteiger partial charge in [0, 0.05) is 17.6 Å². The van der Waals surface area contributed by atoms with E-state index in [2.05, 4.69) is 20.9 Å². The lowest BCUT2D eigenvalue weighted by Gasteiger charge is -2.07. The third-order valence-electron chi connectivity index (χ3n) is 2.72. The highest BCUT2D eigenvalue weighted by Gasteiger charge is 2.17. The highest BCUT2D eigenvalue weighted by Crippen LogP contribution is 2.36. The third kappa shape index (κ3) is 2.25. The summed E-state index contributed by atoms with van der Waals surface area (Å²) in [6.45, 7) is 0.373. The molecule has 0 unspecified atom stereocenters. The van der Waals surface area contributed by atoms with E-state index in [1.165, 1.54) is 0 Å². The van der Waals surface area contributed by atoms with Crippen LogP contribution in [0.1, 0.15) is 5.82 Å². The fourth-order valence-electron chi connectivity index (χ4n) is 1.74. The van der Waals surface area contributed by atoms with Gasteiger partial charge in [-0.15, -0.1) is 0 Å². The average Bonchev–Trinajstić information content (AvgIpc) is 2.66. The summed E-state index contributed by atoms with van der Waals surface area (Å²) in [5.74, 6) is 1.51. The first-order valence-corrected chi connectivity index (χ1v) is 6.50. The fraction of sp³-hybridized carbons (Fsp3) is 0.250. The Labute approximate surface area is 119 Å². The van der Waals surface area contributed by atoms with E-state index < -0.39 is 0 Å². The van der Waals surface area contributed by atoms with Gasteiger partial charge in [-0.2, -0.15) is 0 Å². The molecule has 0 atom stereocenters. The van der Waals surface area contributed by atoms with Gasteiger partial charge in [-0.05, 0) is 34.1 Å². The molecule has 1 aromatic carbocycles. The van der Waals surface area contributed by atoms with Crippen molar-refractivity contribution in [2.75, 3.05) is 7.11 Å². The van der Waals surface area contributed by atoms with Crippen molar-refractivity contribution in [1.82, 2.24) is 9.55 Å². The molecule has 0 aliphatic rings. The summed E-state index contributed by atoms with van der Waals surface area (Å²) < 4.78 is 8.08. The van der Waals surface area contributed by atoms with Crippen LogP contribution in [0.3, 0.4) is 0 Å². The molecule has 0 radical (unpaired) electrons. The van der Waals surface area contributed by atoms with Crippen LogP contribution >= 0.6 is 27.5 Å². The molecule has 0 saturated carbocycles. The molecule has 18 heavy (non-hydrogen) atoms. The van der Waals surface area contributed by atoms with Crippen molar-refractivity contribution >= 4 is 27.5 Å². The van der Waals surface area contributed by atoms with E-state index in [4.69, 9.17) is 22.1 Å². The molecule has 2 N–H and O–H groups in total. The largest absolute Gasteiger partial charge is 0.496 e. The van der Waals surface area contributed by atoms with Crippen LogP contribution in [0.15, 0.2) is 22.8 Å². The van der Waals surface area contributed by atoms with E-state index in [9.17, 15) is 0 Å². The molecule has 0 amide bonds. The van der Waals surface area contributed by atoms with Crippen LogP contribution < -0.4 is 10.5 Å². The maximum atomic E-state index is 6.03. The van der Waals surface area contributed by atoms with Crippen LogP contribution in [-0.4, -0.2) is 16.7 Å². The Morgan fingerprint density at radius 3 is 2.78 bits per heavy atom. The van der Waals surface area contributed by atoms with Crippen molar-refractivity contribution in [1.29, 1.82) is 0 Å². The summed E-state index contributed by atoms with van der Waals surface area (Å²) in [5, 5.41) is 0.637. The third-order valence-corrected chi connectivity index (χ3v) is 3.86. The smallest absolute Gasteiger partial charge is 0.128 e. The number of halogens is 2. The van der Waals surface area contributed by atoms with Crippen molar-refractivity contribution in [3.05, 3.63) is 33.6 Å². The van der Waals surface area contributed by atoms with Crippen LogP contribution in [0.2, 0.25) is 5.02 Å². The predicted molar refractivity (Wildman–Crippen MR) is 75.8 cm³/mol. The first kappa shape index (κ1) is 13.4. The molecule has 96 valence electrons. The number of nitrogens with two attached hydrogens (primary N) is 1. The highest BCUT2D eigenvalue weighted by molar-refractivity contribution is 9.10. The van der Waals surface area contributed by atoms with E-state index in [1.54, 1.807) is 13.2 Å². The van der Waals surface area contributed by atoms with E-state index in [1.807, 2.05) is 23.7 Å². The highest BCUT2D eigenvalue weighted by atomic mass is 79.9. The Bertz CT molecular complexity index is 583. The molecule has 0 spiro atoms. The second kappa shape index (κ2) is 5.30. The normalized spacial score (nSPS) is 10.7. The molecule has 4 nitrogen and oxygen atoms in total. The summed E-state index contributed by atoms with van der Waals surface area (Å²) >= 11 is 9.54. The van der Waals surface area contributed by atoms with E-state index in [0.717, 1.165) is 27.4 Å². The minimum Gasteiger partial charge on any atom is -0.496 e. The molecule has 2 rings (SSSR count). The molecule has 6 heteroatoms. The number of ether oxygens (including phenoxy) is 1. The lowest BCUT2D eigenvalue weighted by molar-refractivity contribution is 0.416. The first-order chi connectivity index (χ1) is 8.58. The van der Waals surface area contributed by atoms with Crippen LogP contribution in [-0.2, 0) is 13.6 Å². The maximum absolute atomic E-state index is 6.03. The van der Waals surface area contributed by atoms with Crippen LogP contribution in [0.25, 0.3) is 11.3 Å². The fourth-order valence-corrected chi connectivity index (χ4v) is 2.42. The Balaban J connectivity index is 2.64. The Kier molecular flexibility index (Phi) is 3.94. The molecule has 2 aromatic rings. The topological polar surface area (TPSA) is 53.1 Å². The van der Waals surface area contributed by atoms with Gasteiger partial charge in [0.2, 0.25) is 0 Å². The van der Waals surface area contributed by atoms with Gasteiger partial charge in [0.1, 0.15) is 21.9 Å². The quantitative estimate of drug-likeness (QED) is 0.941. The van der Waals surface area contributed by atoms with Crippen LogP contribution in [0.4, 0.5) is 0 Å². The summed E-state index contributed by atoms with van der Waals surface area (Å²) in [6.07, 6.45) is 0. The number of aromatic nitrogens is 2. The average molecular weight is 331 g/mol. The molecule has 1 aromatic heterocycles. The number of methoxy groups -OCH3 is 1. The molecule has 0 aliphatic heterocycles. The predicted octanol–water partition coefficient (Wildman–Crippen LogP) is 2.97. The number of benzene rings is 1. The molecular weight excluding hydrogens is 318 g/mol. The van der Waals surface area contributed by atoms with Gasteiger partial charge in [-0.3, -0.25) is 0 Å². The number of imidazole rings is 1. The zero-order valence-electron chi connectivity index (χ0n) is 10.1. The summed E-state index contributed by atoms with van der Waals surface area (Å²) in [7, 11) is 3.52. The van der Waals surface area contributed by atoms with E-state index >= 15 is 0 Å². The van der Waals surface area contributed by atoms with Gasteiger partial charge in [-0.1, -0.05) is 11.6 Å². The van der Waals surface area contributed by atoms with Crippen molar-refractivity contribution in [2.24, 2.45) is 12.8 Å². The molecule has 0 bridgehead atoms. The lowest BCUT2D eigenvalue weighted by atomic mass is 10.1. The summed E-state index contributed by atoms with van der Waals surface area (Å²) in [6, 6.07) is 5.43. The summed E-state index contributed by atoms with van der Waals surface area (Å²) in [5.41, 5.74) is 7.27. The number of hydrogen-bond donors (Lipinski definition) is 1. The van der Waals surface area contributed by atoms with Crippen molar-refractivity contribution in [3.8, 4) is 17.0 Å². The number of nitrogens with zero attached hydrogens (tertiary/aromatic N) is 2. The molecular formula is C12H13BrClN3O. The zero-order valence-corrected chi connectivity index (χ0v) is 12.4. The van der Waals surface area contributed by atoms with Crippen molar-refractivity contribution in [3.63, 3.8) is 0 Å².